The first-order valence-corrected chi connectivity index (χ1v) is 11.2. The standard InChI is InChI=1S/C21H18FN3O2S2/c1-13-10-19(20-12-28-21(24-20)15-4-3-5-16(22)11-15)14(2)25(13)17-6-8-18(9-7-17)29(23,26)27/h3-12H,1-2H3,(H2,23,26,27). The Morgan fingerprint density at radius 1 is 1.07 bits per heavy atom. The fourth-order valence-corrected chi connectivity index (χ4v) is 4.69. The first kappa shape index (κ1) is 19.5. The highest BCUT2D eigenvalue weighted by Gasteiger charge is 2.16. The lowest BCUT2D eigenvalue weighted by molar-refractivity contribution is 0.598. The zero-order valence-electron chi connectivity index (χ0n) is 15.8. The molecule has 0 spiro atoms. The van der Waals surface area contributed by atoms with Gasteiger partial charge in [-0.15, -0.1) is 11.3 Å². The van der Waals surface area contributed by atoms with Gasteiger partial charge in [0.05, 0.1) is 10.6 Å². The average molecular weight is 428 g/mol. The molecule has 0 atom stereocenters. The lowest BCUT2D eigenvalue weighted by atomic mass is 10.2. The molecule has 2 aromatic heterocycles. The van der Waals surface area contributed by atoms with Gasteiger partial charge in [0.25, 0.3) is 0 Å². The first-order valence-electron chi connectivity index (χ1n) is 8.78. The molecule has 0 saturated heterocycles. The molecule has 4 rings (SSSR count). The fraction of sp³-hybridized carbons (Fsp3) is 0.0952. The summed E-state index contributed by atoms with van der Waals surface area (Å²) in [6.07, 6.45) is 0. The fourth-order valence-electron chi connectivity index (χ4n) is 3.36. The first-order chi connectivity index (χ1) is 13.7. The highest BCUT2D eigenvalue weighted by Crippen LogP contribution is 2.33. The number of nitrogens with zero attached hydrogens (tertiary/aromatic N) is 2. The lowest BCUT2D eigenvalue weighted by Crippen LogP contribution is -2.12. The van der Waals surface area contributed by atoms with E-state index in [1.807, 2.05) is 35.9 Å². The van der Waals surface area contributed by atoms with Crippen molar-refractivity contribution in [3.05, 3.63) is 77.2 Å². The number of aromatic nitrogens is 2. The van der Waals surface area contributed by atoms with Crippen molar-refractivity contribution in [1.82, 2.24) is 9.55 Å². The number of halogens is 1. The van der Waals surface area contributed by atoms with Gasteiger partial charge < -0.3 is 4.57 Å². The maximum Gasteiger partial charge on any atom is 0.238 e. The molecule has 0 amide bonds. The summed E-state index contributed by atoms with van der Waals surface area (Å²) >= 11 is 1.46. The van der Waals surface area contributed by atoms with Crippen molar-refractivity contribution in [1.29, 1.82) is 0 Å². The van der Waals surface area contributed by atoms with E-state index in [4.69, 9.17) is 5.14 Å². The molecule has 2 heterocycles. The molecular formula is C21H18FN3O2S2. The van der Waals surface area contributed by atoms with E-state index in [-0.39, 0.29) is 10.7 Å². The predicted octanol–water partition coefficient (Wildman–Crippen LogP) is 4.67. The summed E-state index contributed by atoms with van der Waals surface area (Å²) in [5.74, 6) is -0.291. The van der Waals surface area contributed by atoms with Crippen LogP contribution in [0.25, 0.3) is 27.5 Å². The number of sulfonamides is 1. The quantitative estimate of drug-likeness (QED) is 0.514. The van der Waals surface area contributed by atoms with Gasteiger partial charge in [-0.25, -0.2) is 22.9 Å². The summed E-state index contributed by atoms with van der Waals surface area (Å²) in [7, 11) is -3.73. The Morgan fingerprint density at radius 2 is 1.79 bits per heavy atom. The molecule has 0 fully saturated rings. The number of thiazole rings is 1. The van der Waals surface area contributed by atoms with Crippen molar-refractivity contribution in [2.75, 3.05) is 0 Å². The van der Waals surface area contributed by atoms with Crippen molar-refractivity contribution in [3.63, 3.8) is 0 Å². The van der Waals surface area contributed by atoms with Crippen LogP contribution in [0.4, 0.5) is 4.39 Å². The van der Waals surface area contributed by atoms with Crippen LogP contribution in [-0.2, 0) is 10.0 Å². The maximum absolute atomic E-state index is 13.5. The Bertz CT molecular complexity index is 1310. The van der Waals surface area contributed by atoms with E-state index < -0.39 is 10.0 Å². The van der Waals surface area contributed by atoms with Crippen molar-refractivity contribution in [2.45, 2.75) is 18.7 Å². The summed E-state index contributed by atoms with van der Waals surface area (Å²) in [6.45, 7) is 3.96. The van der Waals surface area contributed by atoms with Gasteiger partial charge >= 0.3 is 0 Å². The summed E-state index contributed by atoms with van der Waals surface area (Å²) in [4.78, 5) is 4.76. The van der Waals surface area contributed by atoms with Crippen LogP contribution in [0.1, 0.15) is 11.4 Å². The van der Waals surface area contributed by atoms with Gasteiger partial charge in [-0.3, -0.25) is 0 Å². The second-order valence-electron chi connectivity index (χ2n) is 6.71. The van der Waals surface area contributed by atoms with E-state index >= 15 is 0 Å². The second-order valence-corrected chi connectivity index (χ2v) is 9.13. The smallest absolute Gasteiger partial charge is 0.238 e. The number of hydrogen-bond acceptors (Lipinski definition) is 4. The zero-order valence-corrected chi connectivity index (χ0v) is 17.4. The molecule has 2 N–H and O–H groups in total. The molecule has 0 unspecified atom stereocenters. The molecule has 4 aromatic rings. The molecule has 0 aliphatic rings. The minimum absolute atomic E-state index is 0.0724. The molecule has 0 saturated carbocycles. The zero-order chi connectivity index (χ0) is 20.8. The van der Waals surface area contributed by atoms with Crippen LogP contribution in [0, 0.1) is 19.7 Å². The SMILES string of the molecule is Cc1cc(-c2csc(-c3cccc(F)c3)n2)c(C)n1-c1ccc(S(N)(=O)=O)cc1. The third-order valence-electron chi connectivity index (χ3n) is 4.71. The van der Waals surface area contributed by atoms with Crippen LogP contribution in [0.2, 0.25) is 0 Å². The molecule has 0 aliphatic carbocycles. The molecule has 29 heavy (non-hydrogen) atoms. The minimum atomic E-state index is -3.73. The van der Waals surface area contributed by atoms with Gasteiger partial charge in [0, 0.05) is 33.6 Å². The molecule has 8 heteroatoms. The van der Waals surface area contributed by atoms with E-state index in [9.17, 15) is 12.8 Å². The van der Waals surface area contributed by atoms with E-state index in [1.54, 1.807) is 18.2 Å². The van der Waals surface area contributed by atoms with Crippen molar-refractivity contribution >= 4 is 21.4 Å². The molecule has 5 nitrogen and oxygen atoms in total. The Labute approximate surface area is 172 Å². The van der Waals surface area contributed by atoms with Crippen LogP contribution in [0.3, 0.4) is 0 Å². The Kier molecular flexibility index (Phi) is 4.85. The van der Waals surface area contributed by atoms with E-state index in [2.05, 4.69) is 4.98 Å². The number of benzene rings is 2. The molecule has 0 bridgehead atoms. The van der Waals surface area contributed by atoms with Crippen molar-refractivity contribution < 1.29 is 12.8 Å². The minimum Gasteiger partial charge on any atom is -0.318 e. The molecule has 0 aliphatic heterocycles. The predicted molar refractivity (Wildman–Crippen MR) is 113 cm³/mol. The van der Waals surface area contributed by atoms with Gasteiger partial charge in [-0.1, -0.05) is 12.1 Å². The highest BCUT2D eigenvalue weighted by atomic mass is 32.2. The topological polar surface area (TPSA) is 78.0 Å². The van der Waals surface area contributed by atoms with Crippen LogP contribution < -0.4 is 5.14 Å². The van der Waals surface area contributed by atoms with Gasteiger partial charge in [0.1, 0.15) is 10.8 Å². The monoisotopic (exact) mass is 427 g/mol. The molecule has 2 aromatic carbocycles. The van der Waals surface area contributed by atoms with E-state index in [1.165, 1.54) is 35.6 Å². The van der Waals surface area contributed by atoms with Crippen LogP contribution in [-0.4, -0.2) is 18.0 Å². The number of rotatable bonds is 4. The summed E-state index contributed by atoms with van der Waals surface area (Å²) in [5.41, 5.74) is 5.32. The third kappa shape index (κ3) is 3.74. The van der Waals surface area contributed by atoms with Crippen molar-refractivity contribution in [2.24, 2.45) is 5.14 Å². The number of primary sulfonamides is 1. The molecule has 148 valence electrons. The number of nitrogens with two attached hydrogens (primary N) is 1. The van der Waals surface area contributed by atoms with Gasteiger partial charge in [-0.2, -0.15) is 0 Å². The third-order valence-corrected chi connectivity index (χ3v) is 6.53. The number of hydrogen-bond donors (Lipinski definition) is 1. The highest BCUT2D eigenvalue weighted by molar-refractivity contribution is 7.89. The molecular weight excluding hydrogens is 409 g/mol. The van der Waals surface area contributed by atoms with Gasteiger partial charge in [0.2, 0.25) is 10.0 Å². The number of aryl methyl sites for hydroxylation is 1. The van der Waals surface area contributed by atoms with Gasteiger partial charge in [0.15, 0.2) is 0 Å². The normalized spacial score (nSPS) is 11.7. The van der Waals surface area contributed by atoms with E-state index in [0.717, 1.165) is 38.9 Å². The largest absolute Gasteiger partial charge is 0.318 e. The van der Waals surface area contributed by atoms with E-state index in [0.29, 0.717) is 0 Å². The van der Waals surface area contributed by atoms with Crippen LogP contribution >= 0.6 is 11.3 Å². The molecule has 0 radical (unpaired) electrons. The Balaban J connectivity index is 1.73. The Hall–Kier alpha value is -2.81. The summed E-state index contributed by atoms with van der Waals surface area (Å²) < 4.78 is 38.5. The maximum atomic E-state index is 13.5. The van der Waals surface area contributed by atoms with Crippen molar-refractivity contribution in [3.8, 4) is 27.5 Å². The average Bonchev–Trinajstić information content (AvgIpc) is 3.26. The summed E-state index contributed by atoms with van der Waals surface area (Å²) in [6, 6.07) is 14.9. The summed E-state index contributed by atoms with van der Waals surface area (Å²) in [5, 5.41) is 7.89. The van der Waals surface area contributed by atoms with Gasteiger partial charge in [-0.05, 0) is 56.3 Å². The Morgan fingerprint density at radius 3 is 2.45 bits per heavy atom. The lowest BCUT2D eigenvalue weighted by Gasteiger charge is -2.10. The van der Waals surface area contributed by atoms with Crippen LogP contribution in [0.15, 0.2) is 64.9 Å². The second kappa shape index (κ2) is 7.22. The van der Waals surface area contributed by atoms with Crippen LogP contribution in [0.5, 0.6) is 0 Å².